The number of rotatable bonds is 4. The van der Waals surface area contributed by atoms with Crippen molar-refractivity contribution in [2.45, 2.75) is 20.0 Å². The van der Waals surface area contributed by atoms with Crippen LogP contribution >= 0.6 is 0 Å². The first-order valence-corrected chi connectivity index (χ1v) is 6.29. The second kappa shape index (κ2) is 5.80. The fourth-order valence-corrected chi connectivity index (χ4v) is 2.04. The van der Waals surface area contributed by atoms with Crippen molar-refractivity contribution in [1.82, 2.24) is 4.98 Å². The van der Waals surface area contributed by atoms with Gasteiger partial charge in [-0.15, -0.1) is 0 Å². The summed E-state index contributed by atoms with van der Waals surface area (Å²) in [5.41, 5.74) is 1.61. The Morgan fingerprint density at radius 2 is 1.95 bits per heavy atom. The summed E-state index contributed by atoms with van der Waals surface area (Å²) in [6.07, 6.45) is 1.09. The lowest BCUT2D eigenvalue weighted by Gasteiger charge is -2.25. The molecule has 1 atom stereocenters. The van der Waals surface area contributed by atoms with Crippen LogP contribution in [0, 0.1) is 5.82 Å². The van der Waals surface area contributed by atoms with Crippen LogP contribution in [0.2, 0.25) is 0 Å². The molecule has 1 heterocycles. The molecule has 0 saturated heterocycles. The summed E-state index contributed by atoms with van der Waals surface area (Å²) in [6.45, 7) is 4.38. The fraction of sp³-hybridized carbons (Fsp3) is 0.267. The summed E-state index contributed by atoms with van der Waals surface area (Å²) < 4.78 is 13.0. The molecule has 2 rings (SSSR count). The lowest BCUT2D eigenvalue weighted by molar-refractivity contribution is 0.199. The highest BCUT2D eigenvalue weighted by Gasteiger charge is 2.15. The second-order valence-electron chi connectivity index (χ2n) is 4.31. The van der Waals surface area contributed by atoms with E-state index in [9.17, 15) is 9.50 Å². The van der Waals surface area contributed by atoms with Crippen molar-refractivity contribution in [1.29, 1.82) is 0 Å². The Balaban J connectivity index is 2.45. The van der Waals surface area contributed by atoms with Crippen LogP contribution in [0.3, 0.4) is 0 Å². The van der Waals surface area contributed by atoms with Gasteiger partial charge in [-0.25, -0.2) is 9.37 Å². The molecule has 4 heteroatoms. The van der Waals surface area contributed by atoms with Crippen LogP contribution in [-0.2, 0) is 0 Å². The zero-order chi connectivity index (χ0) is 13.8. The van der Waals surface area contributed by atoms with Gasteiger partial charge in [-0.2, -0.15) is 0 Å². The quantitative estimate of drug-likeness (QED) is 0.915. The third-order valence-electron chi connectivity index (χ3n) is 2.98. The molecule has 0 aliphatic carbocycles. The third-order valence-corrected chi connectivity index (χ3v) is 2.98. The number of anilines is 2. The van der Waals surface area contributed by atoms with Gasteiger partial charge < -0.3 is 10.0 Å². The fourth-order valence-electron chi connectivity index (χ4n) is 2.04. The molecule has 2 aromatic rings. The SMILES string of the molecule is CCN(c1ccc(F)cc1)c1ncccc1[C@H](C)O. The predicted molar refractivity (Wildman–Crippen MR) is 74.0 cm³/mol. The highest BCUT2D eigenvalue weighted by Crippen LogP contribution is 2.29. The van der Waals surface area contributed by atoms with Gasteiger partial charge in [-0.05, 0) is 44.2 Å². The van der Waals surface area contributed by atoms with E-state index in [0.29, 0.717) is 12.4 Å². The Kier molecular flexibility index (Phi) is 4.12. The van der Waals surface area contributed by atoms with Crippen LogP contribution in [0.5, 0.6) is 0 Å². The van der Waals surface area contributed by atoms with Crippen molar-refractivity contribution in [3.63, 3.8) is 0 Å². The minimum atomic E-state index is -0.599. The molecule has 3 nitrogen and oxygen atoms in total. The molecule has 0 spiro atoms. The molecule has 0 radical (unpaired) electrons. The van der Waals surface area contributed by atoms with Gasteiger partial charge in [0.15, 0.2) is 0 Å². The summed E-state index contributed by atoms with van der Waals surface area (Å²) in [5, 5.41) is 9.81. The average Bonchev–Trinajstić information content (AvgIpc) is 2.42. The Morgan fingerprint density at radius 3 is 2.53 bits per heavy atom. The lowest BCUT2D eigenvalue weighted by Crippen LogP contribution is -2.19. The lowest BCUT2D eigenvalue weighted by atomic mass is 10.1. The van der Waals surface area contributed by atoms with Crippen molar-refractivity contribution < 1.29 is 9.50 Å². The van der Waals surface area contributed by atoms with Gasteiger partial charge in [-0.3, -0.25) is 0 Å². The summed E-state index contributed by atoms with van der Waals surface area (Å²) >= 11 is 0. The first kappa shape index (κ1) is 13.5. The third kappa shape index (κ3) is 2.90. The van der Waals surface area contributed by atoms with E-state index in [1.54, 1.807) is 31.3 Å². The number of benzene rings is 1. The zero-order valence-electron chi connectivity index (χ0n) is 11.0. The van der Waals surface area contributed by atoms with Crippen LogP contribution in [-0.4, -0.2) is 16.6 Å². The number of halogens is 1. The molecule has 0 unspecified atom stereocenters. The first-order chi connectivity index (χ1) is 9.13. The molecule has 0 saturated carbocycles. The van der Waals surface area contributed by atoms with Gasteiger partial charge in [-0.1, -0.05) is 6.07 Å². The van der Waals surface area contributed by atoms with Crippen LogP contribution in [0.1, 0.15) is 25.5 Å². The number of hydrogen-bond acceptors (Lipinski definition) is 3. The van der Waals surface area contributed by atoms with Gasteiger partial charge in [0, 0.05) is 24.0 Å². The van der Waals surface area contributed by atoms with E-state index in [0.717, 1.165) is 11.3 Å². The van der Waals surface area contributed by atoms with E-state index in [2.05, 4.69) is 4.98 Å². The normalized spacial score (nSPS) is 12.2. The van der Waals surface area contributed by atoms with E-state index in [1.807, 2.05) is 17.9 Å². The average molecular weight is 260 g/mol. The number of aromatic nitrogens is 1. The van der Waals surface area contributed by atoms with E-state index in [1.165, 1.54) is 12.1 Å². The van der Waals surface area contributed by atoms with Crippen molar-refractivity contribution in [2.24, 2.45) is 0 Å². The van der Waals surface area contributed by atoms with Gasteiger partial charge >= 0.3 is 0 Å². The maximum Gasteiger partial charge on any atom is 0.138 e. The van der Waals surface area contributed by atoms with Crippen LogP contribution in [0.4, 0.5) is 15.9 Å². The molecule has 0 aliphatic heterocycles. The largest absolute Gasteiger partial charge is 0.389 e. The van der Waals surface area contributed by atoms with Crippen molar-refractivity contribution >= 4 is 11.5 Å². The maximum absolute atomic E-state index is 13.0. The molecule has 19 heavy (non-hydrogen) atoms. The van der Waals surface area contributed by atoms with E-state index in [-0.39, 0.29) is 5.82 Å². The Labute approximate surface area is 112 Å². The van der Waals surface area contributed by atoms with E-state index in [4.69, 9.17) is 0 Å². The highest BCUT2D eigenvalue weighted by molar-refractivity contribution is 5.63. The molecule has 100 valence electrons. The summed E-state index contributed by atoms with van der Waals surface area (Å²) in [4.78, 5) is 6.29. The zero-order valence-corrected chi connectivity index (χ0v) is 11.0. The van der Waals surface area contributed by atoms with Crippen molar-refractivity contribution in [3.05, 3.63) is 54.0 Å². The number of nitrogens with zero attached hydrogens (tertiary/aromatic N) is 2. The van der Waals surface area contributed by atoms with Gasteiger partial charge in [0.1, 0.15) is 11.6 Å². The Bertz CT molecular complexity index is 540. The topological polar surface area (TPSA) is 36.4 Å². The minimum absolute atomic E-state index is 0.267. The monoisotopic (exact) mass is 260 g/mol. The molecule has 0 fully saturated rings. The minimum Gasteiger partial charge on any atom is -0.389 e. The second-order valence-corrected chi connectivity index (χ2v) is 4.31. The molecular formula is C15H17FN2O. The van der Waals surface area contributed by atoms with Gasteiger partial charge in [0.2, 0.25) is 0 Å². The van der Waals surface area contributed by atoms with Crippen molar-refractivity contribution in [3.8, 4) is 0 Å². The number of hydrogen-bond donors (Lipinski definition) is 1. The number of aliphatic hydroxyl groups is 1. The summed E-state index contributed by atoms with van der Waals surface area (Å²) in [5.74, 6) is 0.434. The predicted octanol–water partition coefficient (Wildman–Crippen LogP) is 3.43. The van der Waals surface area contributed by atoms with Gasteiger partial charge in [0.25, 0.3) is 0 Å². The Hall–Kier alpha value is -1.94. The molecule has 1 N–H and O–H groups in total. The number of aliphatic hydroxyl groups excluding tert-OH is 1. The van der Waals surface area contributed by atoms with Crippen LogP contribution in [0.25, 0.3) is 0 Å². The molecule has 1 aromatic heterocycles. The summed E-state index contributed by atoms with van der Waals surface area (Å²) in [7, 11) is 0. The Morgan fingerprint density at radius 1 is 1.26 bits per heavy atom. The molecule has 0 bridgehead atoms. The van der Waals surface area contributed by atoms with E-state index < -0.39 is 6.10 Å². The maximum atomic E-state index is 13.0. The molecular weight excluding hydrogens is 243 g/mol. The molecule has 1 aromatic carbocycles. The van der Waals surface area contributed by atoms with Crippen LogP contribution in [0.15, 0.2) is 42.6 Å². The molecule has 0 aliphatic rings. The van der Waals surface area contributed by atoms with E-state index >= 15 is 0 Å². The van der Waals surface area contributed by atoms with Crippen molar-refractivity contribution in [2.75, 3.05) is 11.4 Å². The van der Waals surface area contributed by atoms with Gasteiger partial charge in [0.05, 0.1) is 6.10 Å². The highest BCUT2D eigenvalue weighted by atomic mass is 19.1. The van der Waals surface area contributed by atoms with Crippen LogP contribution < -0.4 is 4.90 Å². The first-order valence-electron chi connectivity index (χ1n) is 6.29. The number of pyridine rings is 1. The smallest absolute Gasteiger partial charge is 0.138 e. The summed E-state index contributed by atoms with van der Waals surface area (Å²) in [6, 6.07) is 9.90. The standard InChI is InChI=1S/C15H17FN2O/c1-3-18(13-8-6-12(16)7-9-13)15-14(11(2)19)5-4-10-17-15/h4-11,19H,3H2,1-2H3/t11-/m0/s1. The molecule has 0 amide bonds.